The van der Waals surface area contributed by atoms with Crippen LogP contribution in [0, 0.1) is 0 Å². The molecule has 1 N–H and O–H groups in total. The van der Waals surface area contributed by atoms with Crippen LogP contribution in [0.5, 0.6) is 5.75 Å². The van der Waals surface area contributed by atoms with E-state index in [0.29, 0.717) is 13.1 Å². The zero-order valence-corrected chi connectivity index (χ0v) is 15.4. The summed E-state index contributed by atoms with van der Waals surface area (Å²) in [5, 5.41) is 3.55. The number of hydrogen-bond donors (Lipinski definition) is 1. The Morgan fingerprint density at radius 3 is 2.62 bits per heavy atom. The van der Waals surface area contributed by atoms with Gasteiger partial charge >= 0.3 is 6.03 Å². The van der Waals surface area contributed by atoms with Gasteiger partial charge in [0.25, 0.3) is 0 Å². The van der Waals surface area contributed by atoms with Crippen molar-refractivity contribution in [2.75, 3.05) is 38.2 Å². The van der Waals surface area contributed by atoms with E-state index in [0.717, 1.165) is 35.1 Å². The molecule has 0 aromatic heterocycles. The third-order valence-electron chi connectivity index (χ3n) is 4.35. The Hall–Kier alpha value is -2.66. The quantitative estimate of drug-likeness (QED) is 0.887. The van der Waals surface area contributed by atoms with Crippen LogP contribution in [0.2, 0.25) is 5.02 Å². The van der Waals surface area contributed by atoms with E-state index >= 15 is 0 Å². The van der Waals surface area contributed by atoms with Crippen molar-refractivity contribution >= 4 is 29.4 Å². The van der Waals surface area contributed by atoms with Crippen molar-refractivity contribution in [1.29, 1.82) is 0 Å². The van der Waals surface area contributed by atoms with Gasteiger partial charge in [0.2, 0.25) is 0 Å². The third kappa shape index (κ3) is 4.49. The number of carbonyl (C=O) groups excluding carboxylic acids is 1. The van der Waals surface area contributed by atoms with Gasteiger partial charge in [0.15, 0.2) is 0 Å². The van der Waals surface area contributed by atoms with E-state index in [1.54, 1.807) is 13.3 Å². The number of anilines is 1. The number of piperazine rings is 1. The SMILES string of the molecule is COc1ccccc1/C=C/NC(=O)N1CCN(c2cccc(Cl)c2)CC1. The van der Waals surface area contributed by atoms with Gasteiger partial charge in [0.1, 0.15) is 5.75 Å². The number of hydrogen-bond acceptors (Lipinski definition) is 3. The van der Waals surface area contributed by atoms with Crippen LogP contribution in [0.25, 0.3) is 6.08 Å². The number of benzene rings is 2. The maximum absolute atomic E-state index is 12.3. The molecule has 0 aliphatic carbocycles. The Balaban J connectivity index is 1.51. The number of rotatable bonds is 4. The molecular weight excluding hydrogens is 350 g/mol. The van der Waals surface area contributed by atoms with Gasteiger partial charge in [-0.2, -0.15) is 0 Å². The van der Waals surface area contributed by atoms with Gasteiger partial charge < -0.3 is 19.9 Å². The van der Waals surface area contributed by atoms with Crippen LogP contribution in [0.1, 0.15) is 5.56 Å². The molecule has 6 heteroatoms. The molecule has 26 heavy (non-hydrogen) atoms. The minimum atomic E-state index is -0.0955. The van der Waals surface area contributed by atoms with Crippen molar-refractivity contribution in [2.45, 2.75) is 0 Å². The zero-order chi connectivity index (χ0) is 18.4. The maximum atomic E-state index is 12.3. The molecule has 0 radical (unpaired) electrons. The van der Waals surface area contributed by atoms with Gasteiger partial charge in [-0.25, -0.2) is 4.79 Å². The Kier molecular flexibility index (Phi) is 6.02. The fourth-order valence-corrected chi connectivity index (χ4v) is 3.12. The molecule has 0 atom stereocenters. The van der Waals surface area contributed by atoms with Crippen LogP contribution in [0.15, 0.2) is 54.7 Å². The fraction of sp³-hybridized carbons (Fsp3) is 0.250. The van der Waals surface area contributed by atoms with Gasteiger partial charge in [-0.05, 0) is 30.3 Å². The monoisotopic (exact) mass is 371 g/mol. The van der Waals surface area contributed by atoms with E-state index in [9.17, 15) is 4.79 Å². The zero-order valence-electron chi connectivity index (χ0n) is 14.7. The highest BCUT2D eigenvalue weighted by Gasteiger charge is 2.20. The van der Waals surface area contributed by atoms with E-state index in [-0.39, 0.29) is 6.03 Å². The second-order valence-corrected chi connectivity index (χ2v) is 6.42. The molecule has 0 unspecified atom stereocenters. The lowest BCUT2D eigenvalue weighted by Gasteiger charge is -2.35. The molecule has 0 spiro atoms. The number of ether oxygens (including phenoxy) is 1. The first-order valence-corrected chi connectivity index (χ1v) is 8.90. The highest BCUT2D eigenvalue weighted by molar-refractivity contribution is 6.30. The summed E-state index contributed by atoms with van der Waals surface area (Å²) in [4.78, 5) is 16.4. The van der Waals surface area contributed by atoms with Crippen LogP contribution in [0.3, 0.4) is 0 Å². The maximum Gasteiger partial charge on any atom is 0.321 e. The molecule has 1 aliphatic heterocycles. The number of halogens is 1. The predicted molar refractivity (Wildman–Crippen MR) is 106 cm³/mol. The van der Waals surface area contributed by atoms with Crippen molar-refractivity contribution in [3.05, 3.63) is 65.3 Å². The lowest BCUT2D eigenvalue weighted by Crippen LogP contribution is -2.51. The molecule has 1 saturated heterocycles. The molecule has 1 aliphatic rings. The first-order valence-electron chi connectivity index (χ1n) is 8.53. The normalized spacial score (nSPS) is 14.5. The van der Waals surface area contributed by atoms with Crippen molar-refractivity contribution in [2.24, 2.45) is 0 Å². The molecule has 0 bridgehead atoms. The van der Waals surface area contributed by atoms with Gasteiger partial charge in [0.05, 0.1) is 7.11 Å². The number of amides is 2. The Labute approximate surface area is 158 Å². The summed E-state index contributed by atoms with van der Waals surface area (Å²) in [6, 6.07) is 15.4. The fourth-order valence-electron chi connectivity index (χ4n) is 2.94. The minimum Gasteiger partial charge on any atom is -0.496 e. The Bertz CT molecular complexity index is 786. The summed E-state index contributed by atoms with van der Waals surface area (Å²) in [5.74, 6) is 0.771. The molecule has 136 valence electrons. The molecule has 2 amide bonds. The van der Waals surface area contributed by atoms with Crippen LogP contribution < -0.4 is 15.0 Å². The largest absolute Gasteiger partial charge is 0.496 e. The second kappa shape index (κ2) is 8.63. The highest BCUT2D eigenvalue weighted by Crippen LogP contribution is 2.21. The number of carbonyl (C=O) groups is 1. The van der Waals surface area contributed by atoms with Gasteiger partial charge in [-0.3, -0.25) is 0 Å². The number of para-hydroxylation sites is 1. The molecule has 0 saturated carbocycles. The second-order valence-electron chi connectivity index (χ2n) is 5.98. The van der Waals surface area contributed by atoms with Crippen LogP contribution in [-0.2, 0) is 0 Å². The molecule has 1 fully saturated rings. The highest BCUT2D eigenvalue weighted by atomic mass is 35.5. The molecule has 1 heterocycles. The topological polar surface area (TPSA) is 44.8 Å². The molecule has 2 aromatic rings. The predicted octanol–water partition coefficient (Wildman–Crippen LogP) is 3.85. The third-order valence-corrected chi connectivity index (χ3v) is 4.58. The van der Waals surface area contributed by atoms with E-state index in [2.05, 4.69) is 10.2 Å². The number of methoxy groups -OCH3 is 1. The lowest BCUT2D eigenvalue weighted by atomic mass is 10.2. The number of urea groups is 1. The smallest absolute Gasteiger partial charge is 0.321 e. The first kappa shape index (κ1) is 18.1. The number of nitrogens with one attached hydrogen (secondary N) is 1. The van der Waals surface area contributed by atoms with E-state index in [1.165, 1.54) is 0 Å². The Morgan fingerprint density at radius 2 is 1.88 bits per heavy atom. The van der Waals surface area contributed by atoms with Crippen molar-refractivity contribution in [3.63, 3.8) is 0 Å². The van der Waals surface area contributed by atoms with Crippen LogP contribution >= 0.6 is 11.6 Å². The summed E-state index contributed by atoms with van der Waals surface area (Å²) in [5.41, 5.74) is 2.01. The van der Waals surface area contributed by atoms with Gasteiger partial charge in [-0.1, -0.05) is 35.9 Å². The Morgan fingerprint density at radius 1 is 1.12 bits per heavy atom. The average molecular weight is 372 g/mol. The summed E-state index contributed by atoms with van der Waals surface area (Å²) in [7, 11) is 1.63. The summed E-state index contributed by atoms with van der Waals surface area (Å²) < 4.78 is 5.29. The van der Waals surface area contributed by atoms with Crippen molar-refractivity contribution in [1.82, 2.24) is 10.2 Å². The van der Waals surface area contributed by atoms with E-state index in [4.69, 9.17) is 16.3 Å². The standard InChI is InChI=1S/C20H22ClN3O2/c1-26-19-8-3-2-5-16(19)9-10-22-20(25)24-13-11-23(12-14-24)18-7-4-6-17(21)15-18/h2-10,15H,11-14H2,1H3,(H,22,25)/b10-9+. The molecular formula is C20H22ClN3O2. The summed E-state index contributed by atoms with van der Waals surface area (Å²) in [6.45, 7) is 2.90. The minimum absolute atomic E-state index is 0.0955. The van der Waals surface area contributed by atoms with E-state index < -0.39 is 0 Å². The average Bonchev–Trinajstić information content (AvgIpc) is 2.68. The van der Waals surface area contributed by atoms with Crippen LogP contribution in [-0.4, -0.2) is 44.2 Å². The van der Waals surface area contributed by atoms with E-state index in [1.807, 2.05) is 59.5 Å². The lowest BCUT2D eigenvalue weighted by molar-refractivity contribution is 0.198. The van der Waals surface area contributed by atoms with Crippen LogP contribution in [0.4, 0.5) is 10.5 Å². The summed E-state index contributed by atoms with van der Waals surface area (Å²) >= 11 is 6.05. The molecule has 5 nitrogen and oxygen atoms in total. The first-order chi connectivity index (χ1) is 12.7. The van der Waals surface area contributed by atoms with Gasteiger partial charge in [0, 0.05) is 48.7 Å². The van der Waals surface area contributed by atoms with Crippen molar-refractivity contribution in [3.8, 4) is 5.75 Å². The molecule has 2 aromatic carbocycles. The van der Waals surface area contributed by atoms with Crippen molar-refractivity contribution < 1.29 is 9.53 Å². The number of nitrogens with zero attached hydrogens (tertiary/aromatic N) is 2. The summed E-state index contributed by atoms with van der Waals surface area (Å²) in [6.07, 6.45) is 3.49. The van der Waals surface area contributed by atoms with Gasteiger partial charge in [-0.15, -0.1) is 0 Å². The molecule has 3 rings (SSSR count).